The van der Waals surface area contributed by atoms with Crippen LogP contribution >= 0.6 is 0 Å². The van der Waals surface area contributed by atoms with Gasteiger partial charge in [-0.1, -0.05) is 145 Å². The summed E-state index contributed by atoms with van der Waals surface area (Å²) in [7, 11) is 0. The normalized spacial score (nSPS) is 13.1. The Morgan fingerprint density at radius 3 is 1.59 bits per heavy atom. The first-order valence-corrected chi connectivity index (χ1v) is 16.0. The smallest absolute Gasteiger partial charge is 0.164 e. The van der Waals surface area contributed by atoms with Crippen molar-refractivity contribution >= 4 is 54.3 Å². The van der Waals surface area contributed by atoms with Gasteiger partial charge < -0.3 is 4.42 Å². The molecule has 0 aliphatic heterocycles. The summed E-state index contributed by atoms with van der Waals surface area (Å²) in [4.78, 5) is 14.5. The lowest BCUT2D eigenvalue weighted by molar-refractivity contribution is 0.669. The van der Waals surface area contributed by atoms with Gasteiger partial charge in [0.2, 0.25) is 0 Å². The van der Waals surface area contributed by atoms with E-state index in [1.165, 1.54) is 26.9 Å². The van der Waals surface area contributed by atoms with Crippen molar-refractivity contribution in [1.29, 1.82) is 0 Å². The second kappa shape index (κ2) is 11.0. The van der Waals surface area contributed by atoms with Gasteiger partial charge in [-0.05, 0) is 61.6 Å². The van der Waals surface area contributed by atoms with E-state index in [0.717, 1.165) is 27.3 Å². The van der Waals surface area contributed by atoms with Crippen molar-refractivity contribution in [2.45, 2.75) is 0 Å². The fourth-order valence-corrected chi connectivity index (χ4v) is 7.05. The number of hydrogen-bond acceptors (Lipinski definition) is 4. The molecule has 0 saturated heterocycles. The molecular weight excluding hydrogens is 599 g/mol. The Balaban J connectivity index is 1.25. The minimum Gasteiger partial charge on any atom is -0.456 e. The van der Waals surface area contributed by atoms with Gasteiger partial charge in [0.05, 0.1) is 6.85 Å². The Morgan fingerprint density at radius 1 is 0.388 bits per heavy atom. The summed E-state index contributed by atoms with van der Waals surface area (Å²) in [6.07, 6.45) is 0. The Morgan fingerprint density at radius 2 is 0.918 bits per heavy atom. The molecule has 2 heterocycles. The van der Waals surface area contributed by atoms with E-state index in [1.807, 2.05) is 60.7 Å². The number of aromatic nitrogens is 3. The van der Waals surface area contributed by atoms with Crippen molar-refractivity contribution in [1.82, 2.24) is 15.0 Å². The monoisotopic (exact) mass is 630 g/mol. The molecule has 8 aromatic carbocycles. The third kappa shape index (κ3) is 4.42. The quantitative estimate of drug-likeness (QED) is 0.182. The molecule has 0 fully saturated rings. The second-order valence-electron chi connectivity index (χ2n) is 12.0. The van der Waals surface area contributed by atoms with E-state index < -0.39 is 18.1 Å². The summed E-state index contributed by atoms with van der Waals surface area (Å²) in [6, 6.07) is 42.6. The van der Waals surface area contributed by atoms with Gasteiger partial charge in [0.1, 0.15) is 11.2 Å². The molecule has 4 heteroatoms. The first-order valence-electron chi connectivity index (χ1n) is 18.5. The first kappa shape index (κ1) is 22.8. The van der Waals surface area contributed by atoms with Crippen LogP contribution in [0.2, 0.25) is 0 Å². The third-order valence-corrected chi connectivity index (χ3v) is 9.21. The van der Waals surface area contributed by atoms with E-state index in [1.54, 1.807) is 0 Å². The Bertz CT molecular complexity index is 3120. The molecule has 49 heavy (non-hydrogen) atoms. The molecular formula is C45H27N3O. The molecule has 0 saturated carbocycles. The van der Waals surface area contributed by atoms with Crippen LogP contribution in [0.4, 0.5) is 0 Å². The van der Waals surface area contributed by atoms with Crippen molar-refractivity contribution in [2.75, 3.05) is 0 Å². The Kier molecular flexibility index (Phi) is 5.10. The van der Waals surface area contributed by atoms with E-state index >= 15 is 0 Å². The molecule has 0 radical (unpaired) electrons. The van der Waals surface area contributed by atoms with Gasteiger partial charge >= 0.3 is 0 Å². The largest absolute Gasteiger partial charge is 0.456 e. The highest BCUT2D eigenvalue weighted by Crippen LogP contribution is 2.43. The average Bonchev–Trinajstić information content (AvgIpc) is 3.62. The lowest BCUT2D eigenvalue weighted by Gasteiger charge is -2.13. The highest BCUT2D eigenvalue weighted by atomic mass is 16.3. The number of benzene rings is 8. The van der Waals surface area contributed by atoms with Crippen LogP contribution in [-0.2, 0) is 0 Å². The predicted molar refractivity (Wildman–Crippen MR) is 201 cm³/mol. The lowest BCUT2D eigenvalue weighted by atomic mass is 9.91. The molecule has 0 spiro atoms. The Hall–Kier alpha value is -6.65. The summed E-state index contributed by atoms with van der Waals surface area (Å²) >= 11 is 0. The third-order valence-electron chi connectivity index (χ3n) is 9.21. The molecule has 228 valence electrons. The number of rotatable bonds is 4. The van der Waals surface area contributed by atoms with Crippen molar-refractivity contribution in [2.24, 2.45) is 0 Å². The fourth-order valence-electron chi connectivity index (χ4n) is 7.05. The van der Waals surface area contributed by atoms with Gasteiger partial charge in [-0.15, -0.1) is 0 Å². The zero-order valence-corrected chi connectivity index (χ0v) is 26.0. The van der Waals surface area contributed by atoms with Crippen molar-refractivity contribution < 1.29 is 11.3 Å². The van der Waals surface area contributed by atoms with E-state index in [2.05, 4.69) is 77.8 Å². The Labute approximate surface area is 289 Å². The minimum absolute atomic E-state index is 0.0190. The molecule has 0 amide bonds. The molecule has 0 bridgehead atoms. The van der Waals surface area contributed by atoms with Gasteiger partial charge in [0.15, 0.2) is 17.5 Å². The van der Waals surface area contributed by atoms with E-state index in [-0.39, 0.29) is 29.3 Å². The van der Waals surface area contributed by atoms with Gasteiger partial charge in [-0.3, -0.25) is 0 Å². The summed E-state index contributed by atoms with van der Waals surface area (Å²) < 4.78 is 48.8. The number of fused-ring (bicyclic) bond motifs is 9. The summed E-state index contributed by atoms with van der Waals surface area (Å²) in [5, 5.41) is 8.81. The molecule has 10 rings (SSSR count). The minimum atomic E-state index is -0.483. The van der Waals surface area contributed by atoms with E-state index in [9.17, 15) is 0 Å². The highest BCUT2D eigenvalue weighted by molar-refractivity contribution is 6.26. The molecule has 2 aromatic heterocycles. The van der Waals surface area contributed by atoms with Crippen molar-refractivity contribution in [3.63, 3.8) is 0 Å². The second-order valence-corrected chi connectivity index (χ2v) is 12.0. The van der Waals surface area contributed by atoms with E-state index in [0.29, 0.717) is 28.1 Å². The topological polar surface area (TPSA) is 51.8 Å². The number of nitrogens with zero attached hydrogens (tertiary/aromatic N) is 3. The van der Waals surface area contributed by atoms with Gasteiger partial charge in [-0.25, -0.2) is 15.0 Å². The maximum absolute atomic E-state index is 8.72. The molecule has 0 unspecified atom stereocenters. The van der Waals surface area contributed by atoms with Crippen LogP contribution in [0, 0.1) is 0 Å². The molecule has 0 N–H and O–H groups in total. The first-order chi connectivity index (χ1) is 26.4. The maximum atomic E-state index is 8.72. The highest BCUT2D eigenvalue weighted by Gasteiger charge is 2.20. The maximum Gasteiger partial charge on any atom is 0.164 e. The summed E-state index contributed by atoms with van der Waals surface area (Å²) in [5.74, 6) is 0.570. The molecule has 0 aliphatic rings. The van der Waals surface area contributed by atoms with E-state index in [4.69, 9.17) is 21.2 Å². The summed E-state index contributed by atoms with van der Waals surface area (Å²) in [6.45, 7) is 0. The number of hydrogen-bond donors (Lipinski definition) is 0. The fraction of sp³-hybridized carbons (Fsp3) is 0. The van der Waals surface area contributed by atoms with Gasteiger partial charge in [-0.2, -0.15) is 0 Å². The van der Waals surface area contributed by atoms with Gasteiger partial charge in [0.25, 0.3) is 0 Å². The lowest BCUT2D eigenvalue weighted by Crippen LogP contribution is -2.00. The van der Waals surface area contributed by atoms with Crippen LogP contribution in [0.3, 0.4) is 0 Å². The van der Waals surface area contributed by atoms with Crippen LogP contribution in [0.5, 0.6) is 0 Å². The van der Waals surface area contributed by atoms with Crippen molar-refractivity contribution in [3.8, 4) is 45.3 Å². The standard InChI is InChI=1S/C45H27N3O/c1-3-13-28(14-4-1)43-46-44(29-15-5-2-6-16-29)48-45(47-43)37-22-12-24-40-42(37)41-31(21-11-23-39(41)49-40)30-25-26-36-34-19-8-7-17-32(34)33-18-9-10-20-35(33)38(36)27-30/h1-27H/i1D,3D,4D,13D,14D. The van der Waals surface area contributed by atoms with Crippen LogP contribution in [0.25, 0.3) is 99.5 Å². The number of furan rings is 1. The zero-order valence-electron chi connectivity index (χ0n) is 31.0. The zero-order chi connectivity index (χ0) is 36.7. The predicted octanol–water partition coefficient (Wildman–Crippen LogP) is 11.9. The van der Waals surface area contributed by atoms with Crippen molar-refractivity contribution in [3.05, 3.63) is 164 Å². The van der Waals surface area contributed by atoms with Crippen LogP contribution in [0.15, 0.2) is 168 Å². The van der Waals surface area contributed by atoms with Crippen LogP contribution < -0.4 is 0 Å². The molecule has 0 aliphatic carbocycles. The summed E-state index contributed by atoms with van der Waals surface area (Å²) in [5.41, 5.74) is 4.58. The molecule has 4 nitrogen and oxygen atoms in total. The van der Waals surface area contributed by atoms with Gasteiger partial charge in [0, 0.05) is 27.5 Å². The molecule has 0 atom stereocenters. The van der Waals surface area contributed by atoms with Crippen LogP contribution in [-0.4, -0.2) is 15.0 Å². The van der Waals surface area contributed by atoms with Crippen LogP contribution in [0.1, 0.15) is 6.85 Å². The SMILES string of the molecule is [2H]c1c([2H])c([2H])c(-c2nc(-c3ccccc3)nc(-c3cccc4oc5cccc(-c6ccc7c8ccccc8c8ccccc8c7c6)c5c34)n2)c([2H])c1[2H]. The average molecular weight is 631 g/mol. The molecule has 10 aromatic rings.